The van der Waals surface area contributed by atoms with Crippen LogP contribution in [0.4, 0.5) is 8.78 Å². The maximum absolute atomic E-state index is 12.5. The van der Waals surface area contributed by atoms with Crippen molar-refractivity contribution < 1.29 is 8.78 Å². The lowest BCUT2D eigenvalue weighted by Crippen LogP contribution is -2.08. The Balaban J connectivity index is 0.00000121. The van der Waals surface area contributed by atoms with Gasteiger partial charge in [0.1, 0.15) is 10.7 Å². The normalized spacial score (nSPS) is 11.0. The summed E-state index contributed by atoms with van der Waals surface area (Å²) in [5.41, 5.74) is 5.02. The van der Waals surface area contributed by atoms with Gasteiger partial charge < -0.3 is 5.73 Å². The molecule has 0 fully saturated rings. The van der Waals surface area contributed by atoms with Gasteiger partial charge in [0.2, 0.25) is 0 Å². The number of hydrogen-bond acceptors (Lipinski definition) is 3. The van der Waals surface area contributed by atoms with Crippen LogP contribution in [0.5, 0.6) is 0 Å². The van der Waals surface area contributed by atoms with Crippen molar-refractivity contribution in [3.05, 3.63) is 16.1 Å². The summed E-state index contributed by atoms with van der Waals surface area (Å²) < 4.78 is 25.0. The number of thiazole rings is 1. The van der Waals surface area contributed by atoms with Crippen LogP contribution < -0.4 is 5.73 Å². The first-order valence-corrected chi connectivity index (χ1v) is 3.95. The summed E-state index contributed by atoms with van der Waals surface area (Å²) in [6.45, 7) is 1.04. The molecule has 1 aromatic heterocycles. The second-order valence-electron chi connectivity index (χ2n) is 2.22. The van der Waals surface area contributed by atoms with E-state index in [-0.39, 0.29) is 24.6 Å². The van der Waals surface area contributed by atoms with Crippen molar-refractivity contribution in [1.82, 2.24) is 4.98 Å². The van der Waals surface area contributed by atoms with Crippen molar-refractivity contribution in [2.75, 3.05) is 0 Å². The zero-order valence-electron chi connectivity index (χ0n) is 6.38. The maximum Gasteiger partial charge on any atom is 0.287 e. The van der Waals surface area contributed by atoms with E-state index in [0.29, 0.717) is 5.01 Å². The van der Waals surface area contributed by atoms with Crippen LogP contribution in [0.25, 0.3) is 0 Å². The Morgan fingerprint density at radius 2 is 2.25 bits per heavy atom. The Morgan fingerprint density at radius 3 is 2.50 bits per heavy atom. The van der Waals surface area contributed by atoms with E-state index in [1.165, 1.54) is 5.38 Å². The highest BCUT2D eigenvalue weighted by Crippen LogP contribution is 2.27. The lowest BCUT2D eigenvalue weighted by atomic mass is 10.3. The lowest BCUT2D eigenvalue weighted by Gasteiger charge is -2.04. The molecular formula is C6H9ClF2N2S. The molecule has 0 saturated heterocycles. The Bertz CT molecular complexity index is 246. The molecule has 0 amide bonds. The quantitative estimate of drug-likeness (QED) is 0.819. The molecule has 0 aromatic carbocycles. The molecular weight excluding hydrogens is 206 g/mol. The highest BCUT2D eigenvalue weighted by Gasteiger charge is 2.27. The lowest BCUT2D eigenvalue weighted by molar-refractivity contribution is 0.0133. The van der Waals surface area contributed by atoms with Crippen molar-refractivity contribution in [2.24, 2.45) is 5.73 Å². The number of hydrogen-bond donors (Lipinski definition) is 1. The summed E-state index contributed by atoms with van der Waals surface area (Å²) in [7, 11) is 0. The molecule has 0 aliphatic carbocycles. The summed E-state index contributed by atoms with van der Waals surface area (Å²) in [6.07, 6.45) is 0. The van der Waals surface area contributed by atoms with E-state index in [2.05, 4.69) is 4.98 Å². The second kappa shape index (κ2) is 4.11. The predicted molar refractivity (Wildman–Crippen MR) is 46.8 cm³/mol. The van der Waals surface area contributed by atoms with Crippen LogP contribution in [0.3, 0.4) is 0 Å². The fourth-order valence-electron chi connectivity index (χ4n) is 0.606. The van der Waals surface area contributed by atoms with Gasteiger partial charge in [0.15, 0.2) is 0 Å². The molecule has 0 aliphatic heterocycles. The van der Waals surface area contributed by atoms with Gasteiger partial charge in [0.05, 0.1) is 0 Å². The van der Waals surface area contributed by atoms with E-state index in [1.54, 1.807) is 0 Å². The van der Waals surface area contributed by atoms with Crippen molar-refractivity contribution in [1.29, 1.82) is 0 Å². The summed E-state index contributed by atoms with van der Waals surface area (Å²) in [5, 5.41) is 1.88. The summed E-state index contributed by atoms with van der Waals surface area (Å²) in [4.78, 5) is 3.64. The van der Waals surface area contributed by atoms with E-state index in [0.717, 1.165) is 18.3 Å². The Morgan fingerprint density at radius 1 is 1.67 bits per heavy atom. The zero-order chi connectivity index (χ0) is 8.48. The predicted octanol–water partition coefficient (Wildman–Crippen LogP) is 2.14. The Hall–Kier alpha value is -0.260. The third kappa shape index (κ3) is 2.66. The van der Waals surface area contributed by atoms with Gasteiger partial charge in [-0.3, -0.25) is 0 Å². The number of rotatable bonds is 2. The molecule has 0 unspecified atom stereocenters. The average molecular weight is 215 g/mol. The number of nitrogens with zero attached hydrogens (tertiary/aromatic N) is 1. The van der Waals surface area contributed by atoms with Gasteiger partial charge in [-0.25, -0.2) is 4.98 Å². The maximum atomic E-state index is 12.5. The highest BCUT2D eigenvalue weighted by atomic mass is 35.5. The first kappa shape index (κ1) is 11.7. The molecule has 2 N–H and O–H groups in total. The third-order valence-corrected chi connectivity index (χ3v) is 2.05. The average Bonchev–Trinajstić information content (AvgIpc) is 2.32. The van der Waals surface area contributed by atoms with Crippen molar-refractivity contribution in [2.45, 2.75) is 19.4 Å². The van der Waals surface area contributed by atoms with Crippen molar-refractivity contribution in [3.8, 4) is 0 Å². The van der Waals surface area contributed by atoms with Crippen LogP contribution in [-0.4, -0.2) is 4.98 Å². The molecule has 70 valence electrons. The van der Waals surface area contributed by atoms with Crippen LogP contribution in [-0.2, 0) is 12.5 Å². The molecule has 6 heteroatoms. The summed E-state index contributed by atoms with van der Waals surface area (Å²) >= 11 is 1.16. The number of alkyl halides is 2. The molecule has 0 spiro atoms. The van der Waals surface area contributed by atoms with Crippen molar-refractivity contribution >= 4 is 23.7 Å². The van der Waals surface area contributed by atoms with Crippen LogP contribution in [0.1, 0.15) is 17.6 Å². The number of aromatic nitrogens is 1. The molecule has 1 aromatic rings. The minimum atomic E-state index is -2.84. The van der Waals surface area contributed by atoms with Gasteiger partial charge in [-0.1, -0.05) is 0 Å². The van der Waals surface area contributed by atoms with E-state index in [4.69, 9.17) is 5.73 Å². The third-order valence-electron chi connectivity index (χ3n) is 1.18. The molecule has 0 aliphatic rings. The van der Waals surface area contributed by atoms with Gasteiger partial charge in [-0.2, -0.15) is 8.78 Å². The van der Waals surface area contributed by atoms with Gasteiger partial charge in [-0.05, 0) is 0 Å². The monoisotopic (exact) mass is 214 g/mol. The SMILES string of the molecule is CC(F)(F)c1csc(CN)n1.Cl. The van der Waals surface area contributed by atoms with Crippen LogP contribution >= 0.6 is 23.7 Å². The fourth-order valence-corrected chi connectivity index (χ4v) is 1.36. The van der Waals surface area contributed by atoms with Gasteiger partial charge in [0, 0.05) is 18.8 Å². The summed E-state index contributed by atoms with van der Waals surface area (Å²) in [6, 6.07) is 0. The molecule has 0 atom stereocenters. The van der Waals surface area contributed by atoms with Crippen molar-refractivity contribution in [3.63, 3.8) is 0 Å². The topological polar surface area (TPSA) is 38.9 Å². The van der Waals surface area contributed by atoms with E-state index in [1.807, 2.05) is 0 Å². The van der Waals surface area contributed by atoms with Gasteiger partial charge >= 0.3 is 0 Å². The Labute approximate surface area is 79.2 Å². The Kier molecular flexibility index (Phi) is 4.02. The van der Waals surface area contributed by atoms with E-state index in [9.17, 15) is 8.78 Å². The molecule has 0 radical (unpaired) electrons. The molecule has 0 saturated carbocycles. The largest absolute Gasteiger partial charge is 0.325 e. The first-order valence-electron chi connectivity index (χ1n) is 3.07. The number of halogens is 3. The first-order chi connectivity index (χ1) is 5.04. The van der Waals surface area contributed by atoms with E-state index < -0.39 is 5.92 Å². The minimum Gasteiger partial charge on any atom is -0.325 e. The molecule has 0 bridgehead atoms. The standard InChI is InChI=1S/C6H8F2N2S.ClH/c1-6(7,8)4-3-11-5(2-9)10-4;/h3H,2,9H2,1H3;1H. The number of nitrogens with two attached hydrogens (primary N) is 1. The molecule has 1 heterocycles. The zero-order valence-corrected chi connectivity index (χ0v) is 8.01. The molecule has 12 heavy (non-hydrogen) atoms. The second-order valence-corrected chi connectivity index (χ2v) is 3.16. The molecule has 1 rings (SSSR count). The van der Waals surface area contributed by atoms with Crippen LogP contribution in [0, 0.1) is 0 Å². The molecule has 2 nitrogen and oxygen atoms in total. The van der Waals surface area contributed by atoms with Gasteiger partial charge in [0.25, 0.3) is 5.92 Å². The highest BCUT2D eigenvalue weighted by molar-refractivity contribution is 7.09. The van der Waals surface area contributed by atoms with Gasteiger partial charge in [-0.15, -0.1) is 23.7 Å². The van der Waals surface area contributed by atoms with Crippen LogP contribution in [0.15, 0.2) is 5.38 Å². The van der Waals surface area contributed by atoms with Crippen LogP contribution in [0.2, 0.25) is 0 Å². The minimum absolute atomic E-state index is 0. The smallest absolute Gasteiger partial charge is 0.287 e. The summed E-state index contributed by atoms with van der Waals surface area (Å²) in [5.74, 6) is -2.84. The fraction of sp³-hybridized carbons (Fsp3) is 0.500. The van der Waals surface area contributed by atoms with E-state index >= 15 is 0 Å².